The number of hydrogen-bond donors (Lipinski definition) is 0. The van der Waals surface area contributed by atoms with Crippen LogP contribution in [0.5, 0.6) is 11.5 Å². The molecule has 1 aliphatic heterocycles. The summed E-state index contributed by atoms with van der Waals surface area (Å²) in [6.07, 6.45) is 0.942. The summed E-state index contributed by atoms with van der Waals surface area (Å²) in [5.41, 5.74) is 2.40. The van der Waals surface area contributed by atoms with E-state index in [0.717, 1.165) is 49.8 Å². The van der Waals surface area contributed by atoms with Crippen molar-refractivity contribution in [1.29, 1.82) is 0 Å². The second-order valence-electron chi connectivity index (χ2n) is 7.04. The van der Waals surface area contributed by atoms with E-state index in [-0.39, 0.29) is 10.6 Å². The molecule has 1 aliphatic rings. The summed E-state index contributed by atoms with van der Waals surface area (Å²) in [7, 11) is 3.30. The summed E-state index contributed by atoms with van der Waals surface area (Å²) in [5, 5.41) is 10.8. The predicted octanol–water partition coefficient (Wildman–Crippen LogP) is 3.37. The number of non-ortho nitro benzene ring substituents is 1. The Morgan fingerprint density at radius 1 is 1.00 bits per heavy atom. The standard InChI is InChI=1S/C21H27N3O4/c1-16(14-17-4-9-20(27-2)21(15-17)28-3)22-10-12-23(13-11-22)18-5-7-19(8-6-18)24(25)26/h4-9,15-16H,10-14H2,1-3H3. The fourth-order valence-corrected chi connectivity index (χ4v) is 3.68. The molecule has 0 amide bonds. The number of nitrogens with zero attached hydrogens (tertiary/aromatic N) is 3. The Bertz CT molecular complexity index is 802. The van der Waals surface area contributed by atoms with Crippen LogP contribution in [0.25, 0.3) is 0 Å². The Morgan fingerprint density at radius 2 is 1.64 bits per heavy atom. The van der Waals surface area contributed by atoms with Crippen LogP contribution in [0, 0.1) is 10.1 Å². The lowest BCUT2D eigenvalue weighted by Gasteiger charge is -2.39. The van der Waals surface area contributed by atoms with E-state index in [2.05, 4.69) is 22.8 Å². The Balaban J connectivity index is 1.56. The largest absolute Gasteiger partial charge is 0.493 e. The van der Waals surface area contributed by atoms with Gasteiger partial charge in [0.15, 0.2) is 11.5 Å². The Kier molecular flexibility index (Phi) is 6.36. The van der Waals surface area contributed by atoms with Crippen LogP contribution in [0.15, 0.2) is 42.5 Å². The molecule has 0 aromatic heterocycles. The molecule has 2 aromatic rings. The molecule has 1 heterocycles. The molecule has 1 saturated heterocycles. The van der Waals surface area contributed by atoms with E-state index < -0.39 is 0 Å². The summed E-state index contributed by atoms with van der Waals surface area (Å²) in [4.78, 5) is 15.2. The molecule has 7 nitrogen and oxygen atoms in total. The van der Waals surface area contributed by atoms with Gasteiger partial charge < -0.3 is 14.4 Å². The van der Waals surface area contributed by atoms with Gasteiger partial charge in [0.05, 0.1) is 19.1 Å². The molecule has 0 bridgehead atoms. The number of rotatable bonds is 7. The van der Waals surface area contributed by atoms with Crippen molar-refractivity contribution >= 4 is 11.4 Å². The fraction of sp³-hybridized carbons (Fsp3) is 0.429. The maximum absolute atomic E-state index is 10.8. The second-order valence-corrected chi connectivity index (χ2v) is 7.04. The highest BCUT2D eigenvalue weighted by Gasteiger charge is 2.22. The maximum atomic E-state index is 10.8. The zero-order valence-electron chi connectivity index (χ0n) is 16.6. The molecular formula is C21H27N3O4. The summed E-state index contributed by atoms with van der Waals surface area (Å²) in [6, 6.07) is 13.3. The van der Waals surface area contributed by atoms with Crippen LogP contribution in [0.3, 0.4) is 0 Å². The molecule has 0 radical (unpaired) electrons. The lowest BCUT2D eigenvalue weighted by atomic mass is 10.0. The topological polar surface area (TPSA) is 68.1 Å². The van der Waals surface area contributed by atoms with Crippen LogP contribution < -0.4 is 14.4 Å². The minimum atomic E-state index is -0.364. The first-order valence-corrected chi connectivity index (χ1v) is 9.46. The van der Waals surface area contributed by atoms with Crippen LogP contribution >= 0.6 is 0 Å². The van der Waals surface area contributed by atoms with Crippen molar-refractivity contribution in [3.8, 4) is 11.5 Å². The van der Waals surface area contributed by atoms with Crippen molar-refractivity contribution in [1.82, 2.24) is 4.90 Å². The molecule has 1 fully saturated rings. The van der Waals surface area contributed by atoms with Gasteiger partial charge in [-0.05, 0) is 43.2 Å². The Morgan fingerprint density at radius 3 is 2.21 bits per heavy atom. The first-order valence-electron chi connectivity index (χ1n) is 9.46. The van der Waals surface area contributed by atoms with Gasteiger partial charge in [-0.2, -0.15) is 0 Å². The van der Waals surface area contributed by atoms with Crippen LogP contribution in [-0.4, -0.2) is 56.3 Å². The minimum absolute atomic E-state index is 0.130. The molecule has 0 saturated carbocycles. The quantitative estimate of drug-likeness (QED) is 0.538. The van der Waals surface area contributed by atoms with Gasteiger partial charge in [-0.15, -0.1) is 0 Å². The van der Waals surface area contributed by atoms with Gasteiger partial charge in [0.25, 0.3) is 5.69 Å². The molecule has 0 N–H and O–H groups in total. The fourth-order valence-electron chi connectivity index (χ4n) is 3.68. The van der Waals surface area contributed by atoms with Gasteiger partial charge >= 0.3 is 0 Å². The highest BCUT2D eigenvalue weighted by Crippen LogP contribution is 2.28. The van der Waals surface area contributed by atoms with Gasteiger partial charge in [0, 0.05) is 50.0 Å². The summed E-state index contributed by atoms with van der Waals surface area (Å²) in [6.45, 7) is 6.00. The zero-order valence-corrected chi connectivity index (χ0v) is 16.6. The number of methoxy groups -OCH3 is 2. The van der Waals surface area contributed by atoms with E-state index in [1.54, 1.807) is 26.4 Å². The average Bonchev–Trinajstić information content (AvgIpc) is 2.73. The lowest BCUT2D eigenvalue weighted by molar-refractivity contribution is -0.384. The zero-order chi connectivity index (χ0) is 20.1. The van der Waals surface area contributed by atoms with Crippen molar-refractivity contribution in [2.45, 2.75) is 19.4 Å². The molecule has 1 unspecified atom stereocenters. The number of ether oxygens (including phenoxy) is 2. The molecule has 0 spiro atoms. The van der Waals surface area contributed by atoms with Gasteiger partial charge in [-0.25, -0.2) is 0 Å². The van der Waals surface area contributed by atoms with Gasteiger partial charge in [-0.1, -0.05) is 6.07 Å². The number of hydrogen-bond acceptors (Lipinski definition) is 6. The van der Waals surface area contributed by atoms with Crippen LogP contribution in [0.2, 0.25) is 0 Å². The van der Waals surface area contributed by atoms with Crippen molar-refractivity contribution in [3.63, 3.8) is 0 Å². The molecule has 3 rings (SSSR count). The normalized spacial score (nSPS) is 15.9. The molecule has 150 valence electrons. The third-order valence-electron chi connectivity index (χ3n) is 5.34. The second kappa shape index (κ2) is 8.93. The average molecular weight is 385 g/mol. The van der Waals surface area contributed by atoms with Gasteiger partial charge in [0.2, 0.25) is 0 Å². The van der Waals surface area contributed by atoms with E-state index in [0.29, 0.717) is 6.04 Å². The van der Waals surface area contributed by atoms with E-state index in [1.165, 1.54) is 5.56 Å². The van der Waals surface area contributed by atoms with E-state index in [9.17, 15) is 10.1 Å². The lowest BCUT2D eigenvalue weighted by Crippen LogP contribution is -2.50. The Labute approximate surface area is 165 Å². The molecule has 7 heteroatoms. The molecule has 1 atom stereocenters. The molecule has 0 aliphatic carbocycles. The third kappa shape index (κ3) is 4.54. The van der Waals surface area contributed by atoms with E-state index in [4.69, 9.17) is 9.47 Å². The highest BCUT2D eigenvalue weighted by atomic mass is 16.6. The SMILES string of the molecule is COc1ccc(CC(C)N2CCN(c3ccc([N+](=O)[O-])cc3)CC2)cc1OC. The van der Waals surface area contributed by atoms with Crippen LogP contribution in [0.4, 0.5) is 11.4 Å². The van der Waals surface area contributed by atoms with Crippen LogP contribution in [0.1, 0.15) is 12.5 Å². The predicted molar refractivity (Wildman–Crippen MR) is 110 cm³/mol. The van der Waals surface area contributed by atoms with Gasteiger partial charge in [0.1, 0.15) is 0 Å². The summed E-state index contributed by atoms with van der Waals surface area (Å²) in [5.74, 6) is 1.51. The number of benzene rings is 2. The van der Waals surface area contributed by atoms with Crippen molar-refractivity contribution in [2.75, 3.05) is 45.3 Å². The van der Waals surface area contributed by atoms with E-state index in [1.807, 2.05) is 24.3 Å². The molecular weight excluding hydrogens is 358 g/mol. The summed E-state index contributed by atoms with van der Waals surface area (Å²) < 4.78 is 10.7. The maximum Gasteiger partial charge on any atom is 0.269 e. The first kappa shape index (κ1) is 19.9. The number of nitro groups is 1. The molecule has 28 heavy (non-hydrogen) atoms. The molecule has 2 aromatic carbocycles. The van der Waals surface area contributed by atoms with Crippen molar-refractivity contribution < 1.29 is 14.4 Å². The van der Waals surface area contributed by atoms with E-state index >= 15 is 0 Å². The highest BCUT2D eigenvalue weighted by molar-refractivity contribution is 5.51. The third-order valence-corrected chi connectivity index (χ3v) is 5.34. The van der Waals surface area contributed by atoms with Crippen LogP contribution in [-0.2, 0) is 6.42 Å². The van der Waals surface area contributed by atoms with Gasteiger partial charge in [-0.3, -0.25) is 15.0 Å². The summed E-state index contributed by atoms with van der Waals surface area (Å²) >= 11 is 0. The monoisotopic (exact) mass is 385 g/mol. The number of piperazine rings is 1. The van der Waals surface area contributed by atoms with Crippen molar-refractivity contribution in [3.05, 3.63) is 58.1 Å². The Hall–Kier alpha value is -2.80. The number of nitro benzene ring substituents is 1. The number of anilines is 1. The smallest absolute Gasteiger partial charge is 0.269 e. The first-order chi connectivity index (χ1) is 13.5. The minimum Gasteiger partial charge on any atom is -0.493 e. The van der Waals surface area contributed by atoms with Crippen molar-refractivity contribution in [2.24, 2.45) is 0 Å².